The Morgan fingerprint density at radius 3 is 2.28 bits per heavy atom. The first-order chi connectivity index (χ1) is 13.8. The van der Waals surface area contributed by atoms with E-state index >= 15 is 0 Å². The van der Waals surface area contributed by atoms with Crippen molar-refractivity contribution in [2.75, 3.05) is 19.3 Å². The molecule has 1 aliphatic heterocycles. The number of likely N-dealkylation sites (tertiary alicyclic amines) is 1. The summed E-state index contributed by atoms with van der Waals surface area (Å²) in [5, 5.41) is 2.84. The van der Waals surface area contributed by atoms with E-state index in [4.69, 9.17) is 0 Å². The molecule has 2 aromatic carbocycles. The normalized spacial score (nSPS) is 18.1. The van der Waals surface area contributed by atoms with Gasteiger partial charge in [-0.25, -0.2) is 13.1 Å². The molecule has 2 aromatic rings. The molecule has 2 atom stereocenters. The standard InChI is InChI=1S/C21H25N3O4S/c1-29(27,28)23-18-13-8-14-24(15-18)21(26)19(16-9-4-2-5-10-16)22-20(25)17-11-6-3-7-12-17/h2-7,9-12,18-19,23H,8,13-15H2,1H3,(H,22,25)/t18-,19+/m1/s1. The lowest BCUT2D eigenvalue weighted by Crippen LogP contribution is -2.52. The second-order valence-corrected chi connectivity index (χ2v) is 8.98. The Morgan fingerprint density at radius 1 is 1.03 bits per heavy atom. The van der Waals surface area contributed by atoms with Gasteiger partial charge in [0, 0.05) is 24.7 Å². The number of nitrogens with zero attached hydrogens (tertiary/aromatic N) is 1. The quantitative estimate of drug-likeness (QED) is 0.751. The van der Waals surface area contributed by atoms with Gasteiger partial charge in [0.2, 0.25) is 15.9 Å². The van der Waals surface area contributed by atoms with Gasteiger partial charge in [-0.3, -0.25) is 9.59 Å². The van der Waals surface area contributed by atoms with Crippen LogP contribution in [0.4, 0.5) is 0 Å². The fourth-order valence-electron chi connectivity index (χ4n) is 3.50. The van der Waals surface area contributed by atoms with Gasteiger partial charge in [-0.2, -0.15) is 0 Å². The van der Waals surface area contributed by atoms with Crippen LogP contribution in [0, 0.1) is 0 Å². The van der Waals surface area contributed by atoms with Crippen molar-refractivity contribution >= 4 is 21.8 Å². The molecule has 0 unspecified atom stereocenters. The maximum absolute atomic E-state index is 13.3. The first-order valence-corrected chi connectivity index (χ1v) is 11.4. The average Bonchev–Trinajstić information content (AvgIpc) is 2.71. The lowest BCUT2D eigenvalue weighted by molar-refractivity contribution is -0.134. The zero-order valence-electron chi connectivity index (χ0n) is 16.2. The second kappa shape index (κ2) is 9.19. The highest BCUT2D eigenvalue weighted by molar-refractivity contribution is 7.88. The Bertz CT molecular complexity index is 948. The van der Waals surface area contributed by atoms with E-state index in [-0.39, 0.29) is 24.4 Å². The molecule has 0 radical (unpaired) electrons. The first kappa shape index (κ1) is 21.0. The monoisotopic (exact) mass is 415 g/mol. The minimum absolute atomic E-state index is 0.250. The Kier molecular flexibility index (Phi) is 6.66. The van der Waals surface area contributed by atoms with Gasteiger partial charge in [0.1, 0.15) is 6.04 Å². The molecule has 0 aliphatic carbocycles. The van der Waals surface area contributed by atoms with Gasteiger partial charge < -0.3 is 10.2 Å². The smallest absolute Gasteiger partial charge is 0.252 e. The van der Waals surface area contributed by atoms with E-state index in [1.54, 1.807) is 41.3 Å². The summed E-state index contributed by atoms with van der Waals surface area (Å²) in [7, 11) is -3.36. The zero-order valence-corrected chi connectivity index (χ0v) is 17.1. The molecule has 7 nitrogen and oxygen atoms in total. The summed E-state index contributed by atoms with van der Waals surface area (Å²) < 4.78 is 25.7. The molecule has 0 saturated carbocycles. The highest BCUT2D eigenvalue weighted by atomic mass is 32.2. The van der Waals surface area contributed by atoms with E-state index in [0.29, 0.717) is 30.5 Å². The predicted molar refractivity (Wildman–Crippen MR) is 111 cm³/mol. The van der Waals surface area contributed by atoms with Gasteiger partial charge in [0.15, 0.2) is 0 Å². The molecule has 0 bridgehead atoms. The Hall–Kier alpha value is -2.71. The SMILES string of the molecule is CS(=O)(=O)N[C@@H]1CCCN(C(=O)[C@@H](NC(=O)c2ccccc2)c2ccccc2)C1. The summed E-state index contributed by atoms with van der Waals surface area (Å²) in [6.45, 7) is 0.793. The number of benzene rings is 2. The Balaban J connectivity index is 1.80. The third-order valence-electron chi connectivity index (χ3n) is 4.81. The Labute approximate surface area is 171 Å². The van der Waals surface area contributed by atoms with E-state index in [1.807, 2.05) is 24.3 Å². The van der Waals surface area contributed by atoms with Crippen molar-refractivity contribution in [3.63, 3.8) is 0 Å². The molecule has 8 heteroatoms. The van der Waals surface area contributed by atoms with Crippen molar-refractivity contribution < 1.29 is 18.0 Å². The first-order valence-electron chi connectivity index (χ1n) is 9.50. The molecule has 29 heavy (non-hydrogen) atoms. The number of piperidine rings is 1. The molecular weight excluding hydrogens is 390 g/mol. The van der Waals surface area contributed by atoms with Crippen LogP contribution in [0.2, 0.25) is 0 Å². The maximum Gasteiger partial charge on any atom is 0.252 e. The zero-order chi connectivity index (χ0) is 20.9. The number of carbonyl (C=O) groups excluding carboxylic acids is 2. The van der Waals surface area contributed by atoms with Crippen molar-refractivity contribution in [1.29, 1.82) is 0 Å². The highest BCUT2D eigenvalue weighted by Crippen LogP contribution is 2.20. The van der Waals surface area contributed by atoms with Crippen LogP contribution in [0.3, 0.4) is 0 Å². The highest BCUT2D eigenvalue weighted by Gasteiger charge is 2.32. The number of nitrogens with one attached hydrogen (secondary N) is 2. The van der Waals surface area contributed by atoms with Gasteiger partial charge >= 0.3 is 0 Å². The summed E-state index contributed by atoms with van der Waals surface area (Å²) in [4.78, 5) is 27.6. The summed E-state index contributed by atoms with van der Waals surface area (Å²) in [6, 6.07) is 16.6. The van der Waals surface area contributed by atoms with Crippen LogP contribution in [0.25, 0.3) is 0 Å². The van der Waals surface area contributed by atoms with E-state index in [2.05, 4.69) is 10.0 Å². The Morgan fingerprint density at radius 2 is 1.66 bits per heavy atom. The summed E-state index contributed by atoms with van der Waals surface area (Å²) >= 11 is 0. The molecule has 1 saturated heterocycles. The lowest BCUT2D eigenvalue weighted by Gasteiger charge is -2.35. The molecule has 1 fully saturated rings. The number of amides is 2. The molecule has 3 rings (SSSR count). The van der Waals surface area contributed by atoms with Crippen LogP contribution in [0.1, 0.15) is 34.8 Å². The molecule has 0 spiro atoms. The second-order valence-electron chi connectivity index (χ2n) is 7.20. The summed E-state index contributed by atoms with van der Waals surface area (Å²) in [6.07, 6.45) is 2.47. The van der Waals surface area contributed by atoms with Gasteiger partial charge in [0.05, 0.1) is 6.26 Å². The molecule has 2 N–H and O–H groups in total. The number of rotatable bonds is 6. The minimum atomic E-state index is -3.36. The molecule has 154 valence electrons. The fourth-order valence-corrected chi connectivity index (χ4v) is 4.29. The van der Waals surface area contributed by atoms with Crippen LogP contribution in [-0.4, -0.2) is 50.5 Å². The summed E-state index contributed by atoms with van der Waals surface area (Å²) in [5.41, 5.74) is 1.15. The summed E-state index contributed by atoms with van der Waals surface area (Å²) in [5.74, 6) is -0.587. The number of sulfonamides is 1. The molecular formula is C21H25N3O4S. The third kappa shape index (κ3) is 5.88. The van der Waals surface area contributed by atoms with Crippen LogP contribution in [-0.2, 0) is 14.8 Å². The molecule has 2 amide bonds. The largest absolute Gasteiger partial charge is 0.339 e. The van der Waals surface area contributed by atoms with E-state index in [9.17, 15) is 18.0 Å². The van der Waals surface area contributed by atoms with Crippen molar-refractivity contribution in [3.8, 4) is 0 Å². The van der Waals surface area contributed by atoms with Gasteiger partial charge in [-0.15, -0.1) is 0 Å². The van der Waals surface area contributed by atoms with Crippen LogP contribution in [0.5, 0.6) is 0 Å². The van der Waals surface area contributed by atoms with E-state index in [1.165, 1.54) is 0 Å². The molecule has 1 aliphatic rings. The van der Waals surface area contributed by atoms with Crippen LogP contribution < -0.4 is 10.0 Å². The fraction of sp³-hybridized carbons (Fsp3) is 0.333. The van der Waals surface area contributed by atoms with E-state index < -0.39 is 16.1 Å². The van der Waals surface area contributed by atoms with Crippen molar-refractivity contribution in [2.24, 2.45) is 0 Å². The van der Waals surface area contributed by atoms with Crippen LogP contribution in [0.15, 0.2) is 60.7 Å². The van der Waals surface area contributed by atoms with E-state index in [0.717, 1.165) is 6.26 Å². The van der Waals surface area contributed by atoms with Gasteiger partial charge in [0.25, 0.3) is 5.91 Å². The molecule has 1 heterocycles. The number of hydrogen-bond donors (Lipinski definition) is 2. The lowest BCUT2D eigenvalue weighted by atomic mass is 10.0. The minimum Gasteiger partial charge on any atom is -0.339 e. The van der Waals surface area contributed by atoms with Gasteiger partial charge in [-0.05, 0) is 30.5 Å². The average molecular weight is 416 g/mol. The third-order valence-corrected chi connectivity index (χ3v) is 5.57. The van der Waals surface area contributed by atoms with Crippen molar-refractivity contribution in [3.05, 3.63) is 71.8 Å². The predicted octanol–water partition coefficient (Wildman–Crippen LogP) is 1.70. The maximum atomic E-state index is 13.3. The topological polar surface area (TPSA) is 95.6 Å². The molecule has 0 aromatic heterocycles. The van der Waals surface area contributed by atoms with Gasteiger partial charge in [-0.1, -0.05) is 48.5 Å². The number of hydrogen-bond acceptors (Lipinski definition) is 4. The van der Waals surface area contributed by atoms with Crippen molar-refractivity contribution in [1.82, 2.24) is 14.9 Å². The van der Waals surface area contributed by atoms with Crippen LogP contribution >= 0.6 is 0 Å². The number of carbonyl (C=O) groups is 2. The van der Waals surface area contributed by atoms with Crippen molar-refractivity contribution in [2.45, 2.75) is 24.9 Å².